The second kappa shape index (κ2) is 8.59. The summed E-state index contributed by atoms with van der Waals surface area (Å²) in [4.78, 5) is 28.6. The molecule has 4 heterocycles. The zero-order valence-corrected chi connectivity index (χ0v) is 20.5. The molecule has 1 atom stereocenters. The number of methoxy groups -OCH3 is 1. The number of hydrogen-bond donors (Lipinski definition) is 1. The fraction of sp³-hybridized carbons (Fsp3) is 0.259. The molecular formula is C27H27ClN4O3. The normalized spacial score (nSPS) is 17.6. The number of aromatic nitrogens is 2. The smallest absolute Gasteiger partial charge is 0.266 e. The van der Waals surface area contributed by atoms with E-state index in [-0.39, 0.29) is 24.2 Å². The topological polar surface area (TPSA) is 82.5 Å². The summed E-state index contributed by atoms with van der Waals surface area (Å²) in [5, 5.41) is 1.80. The largest absolute Gasteiger partial charge is 0.497 e. The van der Waals surface area contributed by atoms with Gasteiger partial charge in [0.1, 0.15) is 5.75 Å². The van der Waals surface area contributed by atoms with E-state index in [0.717, 1.165) is 52.4 Å². The van der Waals surface area contributed by atoms with Crippen LogP contribution in [0.2, 0.25) is 0 Å². The Hall–Kier alpha value is -3.55. The average Bonchev–Trinajstić information content (AvgIpc) is 3.46. The molecule has 180 valence electrons. The lowest BCUT2D eigenvalue weighted by Crippen LogP contribution is -2.33. The van der Waals surface area contributed by atoms with Gasteiger partial charge in [0.15, 0.2) is 0 Å². The van der Waals surface area contributed by atoms with Gasteiger partial charge in [-0.05, 0) is 49.6 Å². The first kappa shape index (κ1) is 23.2. The lowest BCUT2D eigenvalue weighted by atomic mass is 9.95. The average molecular weight is 491 g/mol. The molecule has 6 rings (SSSR count). The number of carbonyl (C=O) groups excluding carboxylic acids is 2. The molecule has 2 N–H and O–H groups in total. The van der Waals surface area contributed by atoms with Gasteiger partial charge in [-0.3, -0.25) is 9.59 Å². The van der Waals surface area contributed by atoms with E-state index in [1.807, 2.05) is 54.2 Å². The van der Waals surface area contributed by atoms with Crippen molar-refractivity contribution in [2.24, 2.45) is 18.7 Å². The minimum Gasteiger partial charge on any atom is -0.497 e. The van der Waals surface area contributed by atoms with Crippen LogP contribution >= 0.6 is 12.4 Å². The van der Waals surface area contributed by atoms with Crippen molar-refractivity contribution in [3.05, 3.63) is 66.0 Å². The van der Waals surface area contributed by atoms with Crippen LogP contribution in [-0.2, 0) is 29.6 Å². The first-order valence-electron chi connectivity index (χ1n) is 11.6. The first-order chi connectivity index (χ1) is 16.5. The van der Waals surface area contributed by atoms with Crippen molar-refractivity contribution < 1.29 is 14.3 Å². The molecule has 0 saturated carbocycles. The van der Waals surface area contributed by atoms with Crippen LogP contribution in [0.5, 0.6) is 5.75 Å². The zero-order valence-electron chi connectivity index (χ0n) is 19.7. The summed E-state index contributed by atoms with van der Waals surface area (Å²) in [6.45, 7) is 1.42. The van der Waals surface area contributed by atoms with Crippen molar-refractivity contribution in [1.29, 1.82) is 0 Å². The van der Waals surface area contributed by atoms with Crippen molar-refractivity contribution in [3.63, 3.8) is 0 Å². The van der Waals surface area contributed by atoms with E-state index in [1.165, 1.54) is 11.0 Å². The maximum atomic E-state index is 13.9. The van der Waals surface area contributed by atoms with Crippen LogP contribution in [0.4, 0.5) is 5.69 Å². The number of nitrogens with two attached hydrogens (primary N) is 1. The van der Waals surface area contributed by atoms with Gasteiger partial charge in [-0.1, -0.05) is 18.2 Å². The monoisotopic (exact) mass is 490 g/mol. The highest BCUT2D eigenvalue weighted by molar-refractivity contribution is 6.45. The maximum absolute atomic E-state index is 13.9. The fourth-order valence-corrected chi connectivity index (χ4v) is 5.53. The van der Waals surface area contributed by atoms with Crippen molar-refractivity contribution in [1.82, 2.24) is 9.13 Å². The van der Waals surface area contributed by atoms with Gasteiger partial charge in [-0.25, -0.2) is 4.90 Å². The van der Waals surface area contributed by atoms with Gasteiger partial charge >= 0.3 is 0 Å². The molecule has 2 aliphatic rings. The van der Waals surface area contributed by atoms with E-state index < -0.39 is 0 Å². The molecule has 2 aromatic carbocycles. The van der Waals surface area contributed by atoms with Gasteiger partial charge < -0.3 is 19.6 Å². The number of amides is 2. The Kier molecular flexibility index (Phi) is 5.69. The van der Waals surface area contributed by atoms with Gasteiger partial charge in [-0.2, -0.15) is 0 Å². The predicted octanol–water partition coefficient (Wildman–Crippen LogP) is 4.04. The molecular weight excluding hydrogens is 464 g/mol. The third-order valence-electron chi connectivity index (χ3n) is 7.26. The third kappa shape index (κ3) is 3.38. The molecule has 7 nitrogen and oxygen atoms in total. The second-order valence-electron chi connectivity index (χ2n) is 9.13. The summed E-state index contributed by atoms with van der Waals surface area (Å²) < 4.78 is 9.62. The molecule has 0 aliphatic carbocycles. The lowest BCUT2D eigenvalue weighted by Gasteiger charge is -2.26. The fourth-order valence-electron chi connectivity index (χ4n) is 5.53. The van der Waals surface area contributed by atoms with Crippen molar-refractivity contribution >= 4 is 57.3 Å². The Morgan fingerprint density at radius 1 is 1.09 bits per heavy atom. The number of ether oxygens (including phenoxy) is 1. The first-order valence-corrected chi connectivity index (χ1v) is 11.6. The van der Waals surface area contributed by atoms with E-state index in [4.69, 9.17) is 10.5 Å². The summed E-state index contributed by atoms with van der Waals surface area (Å²) in [5.41, 5.74) is 10.9. The molecule has 2 amide bonds. The number of para-hydroxylation sites is 1. The molecule has 0 fully saturated rings. The van der Waals surface area contributed by atoms with Crippen LogP contribution in [0.25, 0.3) is 27.4 Å². The number of carbonyl (C=O) groups is 2. The Morgan fingerprint density at radius 3 is 2.66 bits per heavy atom. The molecule has 0 radical (unpaired) electrons. The molecule has 8 heteroatoms. The number of benzene rings is 2. The third-order valence-corrected chi connectivity index (χ3v) is 7.26. The van der Waals surface area contributed by atoms with E-state index >= 15 is 0 Å². The van der Waals surface area contributed by atoms with Crippen molar-refractivity contribution in [2.45, 2.75) is 19.4 Å². The quantitative estimate of drug-likeness (QED) is 0.438. The summed E-state index contributed by atoms with van der Waals surface area (Å²) in [5.74, 6) is 0.430. The second-order valence-corrected chi connectivity index (χ2v) is 9.13. The minimum absolute atomic E-state index is 0. The molecule has 2 aromatic heterocycles. The van der Waals surface area contributed by atoms with Crippen LogP contribution < -0.4 is 15.4 Å². The molecule has 0 bridgehead atoms. The SMILES string of the molecule is COc1ccc2c(c1)c(C1=CC(=O)N(c3c4n(c5ccccc35)CCC(CN)C4)C1=O)cn2C.Cl. The Morgan fingerprint density at radius 2 is 1.89 bits per heavy atom. The number of halogens is 1. The van der Waals surface area contributed by atoms with Gasteiger partial charge in [-0.15, -0.1) is 12.4 Å². The van der Waals surface area contributed by atoms with Gasteiger partial charge in [0.25, 0.3) is 11.8 Å². The van der Waals surface area contributed by atoms with Gasteiger partial charge in [0.2, 0.25) is 0 Å². The van der Waals surface area contributed by atoms with Crippen molar-refractivity contribution in [2.75, 3.05) is 18.6 Å². The Balaban J connectivity index is 0.00000253. The van der Waals surface area contributed by atoms with E-state index in [0.29, 0.717) is 29.5 Å². The van der Waals surface area contributed by atoms with Gasteiger partial charge in [0.05, 0.1) is 23.9 Å². The van der Waals surface area contributed by atoms with E-state index in [2.05, 4.69) is 10.6 Å². The Labute approximate surface area is 209 Å². The highest BCUT2D eigenvalue weighted by atomic mass is 35.5. The summed E-state index contributed by atoms with van der Waals surface area (Å²) in [7, 11) is 3.55. The maximum Gasteiger partial charge on any atom is 0.266 e. The number of imide groups is 1. The molecule has 0 spiro atoms. The van der Waals surface area contributed by atoms with Crippen LogP contribution in [0.1, 0.15) is 17.7 Å². The summed E-state index contributed by atoms with van der Waals surface area (Å²) in [6.07, 6.45) is 5.12. The van der Waals surface area contributed by atoms with Gasteiger partial charge in [0, 0.05) is 53.4 Å². The molecule has 35 heavy (non-hydrogen) atoms. The molecule has 2 aliphatic heterocycles. The number of fused-ring (bicyclic) bond motifs is 4. The van der Waals surface area contributed by atoms with E-state index in [9.17, 15) is 9.59 Å². The summed E-state index contributed by atoms with van der Waals surface area (Å²) in [6, 6.07) is 13.8. The van der Waals surface area contributed by atoms with Crippen molar-refractivity contribution in [3.8, 4) is 5.75 Å². The molecule has 0 saturated heterocycles. The zero-order chi connectivity index (χ0) is 23.6. The highest BCUT2D eigenvalue weighted by Gasteiger charge is 2.39. The number of anilines is 1. The highest BCUT2D eigenvalue weighted by Crippen LogP contribution is 2.42. The van der Waals surface area contributed by atoms with Crippen LogP contribution in [-0.4, -0.2) is 34.6 Å². The number of rotatable bonds is 4. The summed E-state index contributed by atoms with van der Waals surface area (Å²) >= 11 is 0. The van der Waals surface area contributed by atoms with E-state index in [1.54, 1.807) is 7.11 Å². The minimum atomic E-state index is -0.311. The number of aryl methyl sites for hydroxylation is 2. The standard InChI is InChI=1S/C27H26N4O3.ClH/c1-29-15-21(19-12-17(34-2)7-8-22(19)29)20-13-25(32)31(27(20)33)26-18-5-3-4-6-23(18)30-10-9-16(14-28)11-24(26)30;/h3-8,12-13,15-16H,9-11,14,28H2,1-2H3;1H. The molecule has 4 aromatic rings. The van der Waals surface area contributed by atoms with Crippen LogP contribution in [0.3, 0.4) is 0 Å². The Bertz CT molecular complexity index is 1530. The number of hydrogen-bond acceptors (Lipinski definition) is 4. The molecule has 1 unspecified atom stereocenters. The van der Waals surface area contributed by atoms with Crippen LogP contribution in [0.15, 0.2) is 54.7 Å². The van der Waals surface area contributed by atoms with Crippen LogP contribution in [0, 0.1) is 5.92 Å². The predicted molar refractivity (Wildman–Crippen MR) is 140 cm³/mol. The number of nitrogens with zero attached hydrogens (tertiary/aromatic N) is 3. The lowest BCUT2D eigenvalue weighted by molar-refractivity contribution is -0.119.